The summed E-state index contributed by atoms with van der Waals surface area (Å²) in [6.07, 6.45) is -1.07. The number of hydrogen-bond donors (Lipinski definition) is 1. The Hall–Kier alpha value is -0.580. The molecule has 1 aromatic rings. The fourth-order valence-corrected chi connectivity index (χ4v) is 3.78. The van der Waals surface area contributed by atoms with Crippen LogP contribution in [0.2, 0.25) is 0 Å². The van der Waals surface area contributed by atoms with E-state index >= 15 is 0 Å². The second-order valence-corrected chi connectivity index (χ2v) is 7.74. The number of rotatable bonds is 5. The van der Waals surface area contributed by atoms with Crippen LogP contribution >= 0.6 is 11.6 Å². The summed E-state index contributed by atoms with van der Waals surface area (Å²) < 4.78 is 22.5. The first-order valence-electron chi connectivity index (χ1n) is 5.95. The van der Waals surface area contributed by atoms with Crippen molar-refractivity contribution < 1.29 is 13.5 Å². The third-order valence-electron chi connectivity index (χ3n) is 3.27. The molecule has 0 aliphatic heterocycles. The lowest BCUT2D eigenvalue weighted by Gasteiger charge is -2.31. The largest absolute Gasteiger partial charge is 0.385 e. The van der Waals surface area contributed by atoms with Crippen molar-refractivity contribution in [2.75, 3.05) is 5.75 Å². The molecular weight excluding hydrogens is 272 g/mol. The van der Waals surface area contributed by atoms with Crippen LogP contribution in [0.1, 0.15) is 37.5 Å². The lowest BCUT2D eigenvalue weighted by Crippen LogP contribution is -2.40. The second kappa shape index (κ2) is 5.59. The summed E-state index contributed by atoms with van der Waals surface area (Å²) >= 11 is 6.23. The van der Waals surface area contributed by atoms with Gasteiger partial charge in [-0.25, -0.2) is 8.42 Å². The van der Waals surface area contributed by atoms with Crippen LogP contribution in [0.15, 0.2) is 24.3 Å². The third-order valence-corrected chi connectivity index (χ3v) is 6.76. The summed E-state index contributed by atoms with van der Waals surface area (Å²) in [6, 6.07) is 7.13. The summed E-state index contributed by atoms with van der Waals surface area (Å²) in [4.78, 5) is 0. The summed E-state index contributed by atoms with van der Waals surface area (Å²) in [5.74, 6) is -0.0900. The van der Waals surface area contributed by atoms with Gasteiger partial charge in [0.2, 0.25) is 0 Å². The predicted octanol–water partition coefficient (Wildman–Crippen LogP) is 2.81. The van der Waals surface area contributed by atoms with Crippen LogP contribution in [0.3, 0.4) is 0 Å². The van der Waals surface area contributed by atoms with Crippen molar-refractivity contribution in [3.8, 4) is 0 Å². The molecule has 0 amide bonds. The standard InChI is InChI=1S/C13H19ClO3S/c1-4-13(14,18(16,17)5-2)12(15)11-9-7-6-8-10(11)3/h6-9,12,15H,4-5H2,1-3H3/t12-,13-/m1/s1. The quantitative estimate of drug-likeness (QED) is 0.849. The first-order valence-corrected chi connectivity index (χ1v) is 7.98. The summed E-state index contributed by atoms with van der Waals surface area (Å²) in [7, 11) is -3.56. The number of benzene rings is 1. The Morgan fingerprint density at radius 3 is 2.33 bits per heavy atom. The summed E-state index contributed by atoms with van der Waals surface area (Å²) in [5.41, 5.74) is 1.39. The van der Waals surface area contributed by atoms with Crippen LogP contribution in [-0.4, -0.2) is 23.5 Å². The Morgan fingerprint density at radius 1 is 1.33 bits per heavy atom. The molecule has 1 aromatic carbocycles. The van der Waals surface area contributed by atoms with E-state index in [-0.39, 0.29) is 12.2 Å². The molecule has 2 atom stereocenters. The average molecular weight is 291 g/mol. The van der Waals surface area contributed by atoms with E-state index in [2.05, 4.69) is 0 Å². The lowest BCUT2D eigenvalue weighted by molar-refractivity contribution is 0.154. The average Bonchev–Trinajstić information content (AvgIpc) is 2.37. The van der Waals surface area contributed by atoms with E-state index in [0.29, 0.717) is 5.56 Å². The number of aliphatic hydroxyl groups excluding tert-OH is 1. The van der Waals surface area contributed by atoms with E-state index in [1.165, 1.54) is 6.92 Å². The maximum Gasteiger partial charge on any atom is 0.175 e. The van der Waals surface area contributed by atoms with Crippen molar-refractivity contribution >= 4 is 21.4 Å². The van der Waals surface area contributed by atoms with Crippen LogP contribution in [0, 0.1) is 6.92 Å². The molecule has 102 valence electrons. The van der Waals surface area contributed by atoms with Crippen LogP contribution < -0.4 is 0 Å². The van der Waals surface area contributed by atoms with Crippen LogP contribution in [-0.2, 0) is 9.84 Å². The number of alkyl halides is 1. The topological polar surface area (TPSA) is 54.4 Å². The molecule has 0 bridgehead atoms. The molecule has 0 aliphatic carbocycles. The Kier molecular flexibility index (Phi) is 4.81. The highest BCUT2D eigenvalue weighted by Crippen LogP contribution is 2.41. The maximum absolute atomic E-state index is 12.1. The highest BCUT2D eigenvalue weighted by molar-refractivity contribution is 7.94. The van der Waals surface area contributed by atoms with Gasteiger partial charge in [-0.15, -0.1) is 0 Å². The molecule has 1 N–H and O–H groups in total. The van der Waals surface area contributed by atoms with E-state index in [4.69, 9.17) is 11.6 Å². The molecule has 0 aliphatic rings. The number of aliphatic hydroxyl groups is 1. The van der Waals surface area contributed by atoms with Gasteiger partial charge in [0.1, 0.15) is 6.10 Å². The normalized spacial score (nSPS) is 17.2. The molecule has 5 heteroatoms. The predicted molar refractivity (Wildman–Crippen MR) is 74.5 cm³/mol. The van der Waals surface area contributed by atoms with Crippen molar-refractivity contribution in [2.24, 2.45) is 0 Å². The fraction of sp³-hybridized carbons (Fsp3) is 0.538. The van der Waals surface area contributed by atoms with Gasteiger partial charge in [0, 0.05) is 5.75 Å². The van der Waals surface area contributed by atoms with Gasteiger partial charge in [0.05, 0.1) is 0 Å². The Morgan fingerprint density at radius 2 is 1.89 bits per heavy atom. The highest BCUT2D eigenvalue weighted by Gasteiger charge is 2.46. The van der Waals surface area contributed by atoms with Crippen molar-refractivity contribution in [3.05, 3.63) is 35.4 Å². The molecular formula is C13H19ClO3S. The number of halogens is 1. The van der Waals surface area contributed by atoms with Crippen molar-refractivity contribution in [1.82, 2.24) is 0 Å². The van der Waals surface area contributed by atoms with Gasteiger partial charge >= 0.3 is 0 Å². The van der Waals surface area contributed by atoms with Gasteiger partial charge < -0.3 is 5.11 Å². The first-order chi connectivity index (χ1) is 8.30. The molecule has 0 aromatic heterocycles. The van der Waals surface area contributed by atoms with Gasteiger partial charge in [-0.3, -0.25) is 0 Å². The van der Waals surface area contributed by atoms with Crippen LogP contribution in [0.4, 0.5) is 0 Å². The monoisotopic (exact) mass is 290 g/mol. The van der Waals surface area contributed by atoms with E-state index in [0.717, 1.165) is 5.56 Å². The van der Waals surface area contributed by atoms with Crippen LogP contribution in [0.25, 0.3) is 0 Å². The molecule has 0 saturated heterocycles. The Balaban J connectivity index is 3.31. The zero-order chi connectivity index (χ0) is 14.0. The molecule has 0 heterocycles. The minimum Gasteiger partial charge on any atom is -0.385 e. The number of sulfone groups is 1. The maximum atomic E-state index is 12.1. The fourth-order valence-electron chi connectivity index (χ4n) is 1.95. The van der Waals surface area contributed by atoms with Gasteiger partial charge in [0.25, 0.3) is 0 Å². The molecule has 3 nitrogen and oxygen atoms in total. The number of aryl methyl sites for hydroxylation is 1. The van der Waals surface area contributed by atoms with E-state index in [1.807, 2.05) is 19.1 Å². The minimum absolute atomic E-state index is 0.0900. The minimum atomic E-state index is -3.56. The van der Waals surface area contributed by atoms with Gasteiger partial charge in [-0.05, 0) is 24.5 Å². The molecule has 0 spiro atoms. The molecule has 18 heavy (non-hydrogen) atoms. The Labute approximate surface area is 114 Å². The van der Waals surface area contributed by atoms with E-state index in [9.17, 15) is 13.5 Å². The zero-order valence-corrected chi connectivity index (χ0v) is 12.4. The highest BCUT2D eigenvalue weighted by atomic mass is 35.5. The van der Waals surface area contributed by atoms with Crippen molar-refractivity contribution in [1.29, 1.82) is 0 Å². The van der Waals surface area contributed by atoms with Gasteiger partial charge in [-0.1, -0.05) is 49.7 Å². The van der Waals surface area contributed by atoms with Crippen molar-refractivity contribution in [3.63, 3.8) is 0 Å². The SMILES string of the molecule is CC[C@](Cl)([C@H](O)c1ccccc1C)S(=O)(=O)CC. The van der Waals surface area contributed by atoms with Crippen LogP contribution in [0.5, 0.6) is 0 Å². The zero-order valence-electron chi connectivity index (χ0n) is 10.9. The lowest BCUT2D eigenvalue weighted by atomic mass is 9.99. The molecule has 0 fully saturated rings. The number of hydrogen-bond acceptors (Lipinski definition) is 3. The first kappa shape index (κ1) is 15.5. The van der Waals surface area contributed by atoms with Gasteiger partial charge in [0.15, 0.2) is 14.0 Å². The molecule has 0 unspecified atom stereocenters. The summed E-state index contributed by atoms with van der Waals surface area (Å²) in [6.45, 7) is 5.03. The van der Waals surface area contributed by atoms with Gasteiger partial charge in [-0.2, -0.15) is 0 Å². The smallest absolute Gasteiger partial charge is 0.175 e. The molecule has 0 radical (unpaired) electrons. The Bertz CT molecular complexity index is 513. The third kappa shape index (κ3) is 2.56. The van der Waals surface area contributed by atoms with E-state index in [1.54, 1.807) is 19.1 Å². The van der Waals surface area contributed by atoms with Crippen molar-refractivity contribution in [2.45, 2.75) is 37.5 Å². The second-order valence-electron chi connectivity index (χ2n) is 4.30. The molecule has 0 saturated carbocycles. The molecule has 1 rings (SSSR count). The summed E-state index contributed by atoms with van der Waals surface area (Å²) in [5, 5.41) is 10.4. The van der Waals surface area contributed by atoms with E-state index < -0.39 is 20.1 Å².